The lowest BCUT2D eigenvalue weighted by Crippen LogP contribution is -2.57. The van der Waals surface area contributed by atoms with Gasteiger partial charge in [0.15, 0.2) is 5.01 Å². The van der Waals surface area contributed by atoms with E-state index >= 15 is 0 Å². The molecule has 1 aromatic heterocycles. The number of aliphatic hydroxyl groups excluding tert-OH is 1. The number of rotatable bonds is 2. The molecule has 0 aromatic carbocycles. The van der Waals surface area contributed by atoms with Crippen LogP contribution in [0.25, 0.3) is 0 Å². The first-order valence-corrected chi connectivity index (χ1v) is 6.37. The van der Waals surface area contributed by atoms with Crippen molar-refractivity contribution in [2.45, 2.75) is 12.1 Å². The highest BCUT2D eigenvalue weighted by Crippen LogP contribution is 2.27. The molecule has 96 valence electrons. The molecule has 1 saturated heterocycles. The fraction of sp³-hybridized carbons (Fsp3) is 0.455. The van der Waals surface area contributed by atoms with Gasteiger partial charge in [0.05, 0.1) is 24.4 Å². The molecule has 0 radical (unpaired) electrons. The van der Waals surface area contributed by atoms with Crippen LogP contribution in [0.15, 0.2) is 5.38 Å². The fourth-order valence-electron chi connectivity index (χ4n) is 2.10. The Morgan fingerprint density at radius 3 is 3.17 bits per heavy atom. The molecular formula is C11H14N4O2S. The molecule has 2 heterocycles. The van der Waals surface area contributed by atoms with Crippen molar-refractivity contribution in [3.63, 3.8) is 0 Å². The van der Waals surface area contributed by atoms with Crippen LogP contribution in [0.4, 0.5) is 4.79 Å². The summed E-state index contributed by atoms with van der Waals surface area (Å²) in [5.74, 6) is 2.45. The Kier molecular flexibility index (Phi) is 3.81. The summed E-state index contributed by atoms with van der Waals surface area (Å²) in [6.45, 7) is 0.980. The number of hydrogen-bond donors (Lipinski definition) is 3. The lowest BCUT2D eigenvalue weighted by atomic mass is 10.0. The largest absolute Gasteiger partial charge is 0.395 e. The Balaban J connectivity index is 2.33. The minimum atomic E-state index is -0.518. The number of terminal acetylenes is 1. The summed E-state index contributed by atoms with van der Waals surface area (Å²) >= 11 is 1.33. The molecule has 0 bridgehead atoms. The second-order valence-corrected chi connectivity index (χ2v) is 4.80. The first-order chi connectivity index (χ1) is 8.67. The van der Waals surface area contributed by atoms with Crippen LogP contribution in [0, 0.1) is 12.3 Å². The summed E-state index contributed by atoms with van der Waals surface area (Å²) < 4.78 is 0. The van der Waals surface area contributed by atoms with E-state index in [-0.39, 0.29) is 18.7 Å². The van der Waals surface area contributed by atoms with Crippen LogP contribution in [0.1, 0.15) is 16.7 Å². The fourth-order valence-corrected chi connectivity index (χ4v) is 2.75. The highest BCUT2D eigenvalue weighted by atomic mass is 32.1. The molecule has 2 rings (SSSR count). The maximum Gasteiger partial charge on any atom is 0.315 e. The zero-order chi connectivity index (χ0) is 13.1. The molecule has 2 amide bonds. The molecular weight excluding hydrogens is 252 g/mol. The van der Waals surface area contributed by atoms with Crippen molar-refractivity contribution in [2.75, 3.05) is 19.7 Å². The maximum atomic E-state index is 11.4. The Labute approximate surface area is 109 Å². The van der Waals surface area contributed by atoms with Gasteiger partial charge in [-0.15, -0.1) is 17.8 Å². The van der Waals surface area contributed by atoms with Crippen molar-refractivity contribution in [3.8, 4) is 12.3 Å². The van der Waals surface area contributed by atoms with E-state index in [4.69, 9.17) is 12.2 Å². The summed E-state index contributed by atoms with van der Waals surface area (Å²) in [4.78, 5) is 17.2. The van der Waals surface area contributed by atoms with E-state index in [0.29, 0.717) is 23.8 Å². The van der Waals surface area contributed by atoms with Gasteiger partial charge in [-0.05, 0) is 5.92 Å². The molecule has 1 aliphatic rings. The molecule has 18 heavy (non-hydrogen) atoms. The molecule has 2 unspecified atom stereocenters. The van der Waals surface area contributed by atoms with Gasteiger partial charge in [0.1, 0.15) is 0 Å². The van der Waals surface area contributed by atoms with Gasteiger partial charge < -0.3 is 21.1 Å². The number of carbonyl (C=O) groups excluding carboxylic acids is 1. The number of urea groups is 1. The van der Waals surface area contributed by atoms with Crippen molar-refractivity contribution in [1.29, 1.82) is 0 Å². The van der Waals surface area contributed by atoms with Gasteiger partial charge in [0.25, 0.3) is 0 Å². The van der Waals surface area contributed by atoms with Crippen molar-refractivity contribution < 1.29 is 9.90 Å². The van der Waals surface area contributed by atoms with E-state index in [1.807, 2.05) is 0 Å². The smallest absolute Gasteiger partial charge is 0.315 e. The standard InChI is InChI=1S/C11H14N4O2S/c1-2-9-14-8(6-18-9)10-7(5-16)13-3-4-15(10)11(12)17/h1,6-7,10,13,16H,3-5H2,(H2,12,17). The number of nitrogens with one attached hydrogen (secondary N) is 1. The van der Waals surface area contributed by atoms with E-state index in [2.05, 4.69) is 16.2 Å². The lowest BCUT2D eigenvalue weighted by molar-refractivity contribution is 0.105. The summed E-state index contributed by atoms with van der Waals surface area (Å²) in [5.41, 5.74) is 6.03. The van der Waals surface area contributed by atoms with Gasteiger partial charge >= 0.3 is 6.03 Å². The van der Waals surface area contributed by atoms with Gasteiger partial charge in [-0.2, -0.15) is 0 Å². The van der Waals surface area contributed by atoms with Gasteiger partial charge in [-0.3, -0.25) is 0 Å². The van der Waals surface area contributed by atoms with Gasteiger partial charge in [0.2, 0.25) is 0 Å². The Morgan fingerprint density at radius 1 is 1.83 bits per heavy atom. The molecule has 2 atom stereocenters. The van der Waals surface area contributed by atoms with Gasteiger partial charge in [0, 0.05) is 18.5 Å². The molecule has 0 aliphatic carbocycles. The maximum absolute atomic E-state index is 11.4. The van der Waals surface area contributed by atoms with Gasteiger partial charge in [-0.1, -0.05) is 0 Å². The third-order valence-corrected chi connectivity index (χ3v) is 3.70. The number of carbonyl (C=O) groups is 1. The molecule has 6 nitrogen and oxygen atoms in total. The average molecular weight is 266 g/mol. The van der Waals surface area contributed by atoms with Crippen molar-refractivity contribution in [1.82, 2.24) is 15.2 Å². The minimum absolute atomic E-state index is 0.0998. The number of nitrogens with zero attached hydrogens (tertiary/aromatic N) is 2. The molecule has 1 aliphatic heterocycles. The number of aliphatic hydroxyl groups is 1. The minimum Gasteiger partial charge on any atom is -0.395 e. The van der Waals surface area contributed by atoms with Crippen LogP contribution in [0.3, 0.4) is 0 Å². The van der Waals surface area contributed by atoms with Crippen molar-refractivity contribution >= 4 is 17.4 Å². The monoisotopic (exact) mass is 266 g/mol. The average Bonchev–Trinajstić information content (AvgIpc) is 2.86. The Bertz CT molecular complexity index is 482. The normalized spacial score (nSPS) is 23.7. The molecule has 4 N–H and O–H groups in total. The second kappa shape index (κ2) is 5.35. The molecule has 1 fully saturated rings. The topological polar surface area (TPSA) is 91.5 Å². The number of aromatic nitrogens is 1. The van der Waals surface area contributed by atoms with E-state index in [1.165, 1.54) is 16.2 Å². The van der Waals surface area contributed by atoms with E-state index in [9.17, 15) is 9.90 Å². The van der Waals surface area contributed by atoms with E-state index < -0.39 is 6.03 Å². The first-order valence-electron chi connectivity index (χ1n) is 5.49. The third kappa shape index (κ3) is 2.31. The van der Waals surface area contributed by atoms with Crippen LogP contribution >= 0.6 is 11.3 Å². The summed E-state index contributed by atoms with van der Waals surface area (Å²) in [5, 5.41) is 14.9. The number of primary amides is 1. The highest BCUT2D eigenvalue weighted by Gasteiger charge is 2.35. The van der Waals surface area contributed by atoms with Crippen molar-refractivity contribution in [2.24, 2.45) is 5.73 Å². The van der Waals surface area contributed by atoms with Crippen molar-refractivity contribution in [3.05, 3.63) is 16.1 Å². The van der Waals surface area contributed by atoms with Crippen LogP contribution in [-0.2, 0) is 0 Å². The molecule has 0 saturated carbocycles. The Hall–Kier alpha value is -1.62. The number of amides is 2. The zero-order valence-corrected chi connectivity index (χ0v) is 10.5. The van der Waals surface area contributed by atoms with Crippen LogP contribution in [0.2, 0.25) is 0 Å². The number of piperazine rings is 1. The van der Waals surface area contributed by atoms with Crippen LogP contribution < -0.4 is 11.1 Å². The lowest BCUT2D eigenvalue weighted by Gasteiger charge is -2.39. The number of hydrogen-bond acceptors (Lipinski definition) is 5. The first kappa shape index (κ1) is 12.8. The SMILES string of the molecule is C#Cc1nc(C2C(CO)NCCN2C(N)=O)cs1. The summed E-state index contributed by atoms with van der Waals surface area (Å²) in [6, 6.07) is -1.17. The zero-order valence-electron chi connectivity index (χ0n) is 9.67. The van der Waals surface area contributed by atoms with Crippen LogP contribution in [-0.4, -0.2) is 46.8 Å². The van der Waals surface area contributed by atoms with E-state index in [1.54, 1.807) is 5.38 Å². The van der Waals surface area contributed by atoms with Gasteiger partial charge in [-0.25, -0.2) is 9.78 Å². The second-order valence-electron chi connectivity index (χ2n) is 3.94. The highest BCUT2D eigenvalue weighted by molar-refractivity contribution is 7.10. The van der Waals surface area contributed by atoms with Crippen LogP contribution in [0.5, 0.6) is 0 Å². The predicted molar refractivity (Wildman–Crippen MR) is 68.0 cm³/mol. The Morgan fingerprint density at radius 2 is 2.61 bits per heavy atom. The van der Waals surface area contributed by atoms with E-state index in [0.717, 1.165) is 0 Å². The third-order valence-electron chi connectivity index (χ3n) is 2.90. The number of thiazole rings is 1. The summed E-state index contributed by atoms with van der Waals surface area (Å²) in [7, 11) is 0. The molecule has 7 heteroatoms. The number of nitrogens with two attached hydrogens (primary N) is 1. The molecule has 0 spiro atoms. The quantitative estimate of drug-likeness (QED) is 0.630. The molecule has 1 aromatic rings. The summed E-state index contributed by atoms with van der Waals surface area (Å²) in [6.07, 6.45) is 5.28. The predicted octanol–water partition coefficient (Wildman–Crippen LogP) is -0.490.